The Kier molecular flexibility index (Phi) is 4.62. The van der Waals surface area contributed by atoms with E-state index in [0.29, 0.717) is 13.0 Å². The summed E-state index contributed by atoms with van der Waals surface area (Å²) in [4.78, 5) is 13.7. The van der Waals surface area contributed by atoms with E-state index in [2.05, 4.69) is 29.5 Å². The Bertz CT molecular complexity index is 683. The third kappa shape index (κ3) is 3.53. The highest BCUT2D eigenvalue weighted by molar-refractivity contribution is 5.95. The molecule has 1 unspecified atom stereocenters. The van der Waals surface area contributed by atoms with Crippen LogP contribution in [0.3, 0.4) is 0 Å². The minimum Gasteiger partial charge on any atom is -0.394 e. The maximum atomic E-state index is 11.9. The molecule has 1 fully saturated rings. The molecule has 6 heteroatoms. The van der Waals surface area contributed by atoms with Gasteiger partial charge >= 0.3 is 0 Å². The predicted octanol–water partition coefficient (Wildman–Crippen LogP) is 2.18. The van der Waals surface area contributed by atoms with Gasteiger partial charge in [0.15, 0.2) is 0 Å². The predicted molar refractivity (Wildman–Crippen MR) is 89.4 cm³/mol. The summed E-state index contributed by atoms with van der Waals surface area (Å²) in [6, 6.07) is 8.20. The number of anilines is 2. The monoisotopic (exact) mass is 314 g/mol. The van der Waals surface area contributed by atoms with Gasteiger partial charge in [0.25, 0.3) is 0 Å². The summed E-state index contributed by atoms with van der Waals surface area (Å²) in [7, 11) is 0. The highest BCUT2D eigenvalue weighted by Crippen LogP contribution is 2.26. The number of benzene rings is 1. The van der Waals surface area contributed by atoms with Crippen molar-refractivity contribution in [1.29, 1.82) is 0 Å². The molecule has 1 aromatic heterocycles. The lowest BCUT2D eigenvalue weighted by Gasteiger charge is -2.19. The van der Waals surface area contributed by atoms with Crippen LogP contribution in [0.1, 0.15) is 31.4 Å². The molecule has 2 N–H and O–H groups in total. The van der Waals surface area contributed by atoms with Gasteiger partial charge in [-0.25, -0.2) is 0 Å². The quantitative estimate of drug-likeness (QED) is 0.857. The van der Waals surface area contributed by atoms with E-state index in [4.69, 9.17) is 5.11 Å². The summed E-state index contributed by atoms with van der Waals surface area (Å²) in [5, 5.41) is 16.5. The third-order valence-corrected chi connectivity index (χ3v) is 4.10. The zero-order valence-corrected chi connectivity index (χ0v) is 13.3. The summed E-state index contributed by atoms with van der Waals surface area (Å²) in [5.74, 6) is 0.202. The van der Waals surface area contributed by atoms with Crippen molar-refractivity contribution in [3.8, 4) is 0 Å². The van der Waals surface area contributed by atoms with Crippen molar-refractivity contribution in [2.45, 2.75) is 32.4 Å². The van der Waals surface area contributed by atoms with Gasteiger partial charge in [0.1, 0.15) is 0 Å². The normalized spacial score (nSPS) is 15.9. The number of rotatable bonds is 6. The fourth-order valence-corrected chi connectivity index (χ4v) is 2.88. The lowest BCUT2D eigenvalue weighted by atomic mass is 10.1. The Balaban J connectivity index is 1.71. The van der Waals surface area contributed by atoms with Gasteiger partial charge in [-0.2, -0.15) is 5.10 Å². The first-order chi connectivity index (χ1) is 11.2. The number of amides is 1. The van der Waals surface area contributed by atoms with Gasteiger partial charge < -0.3 is 15.3 Å². The number of hydrogen-bond acceptors (Lipinski definition) is 4. The van der Waals surface area contributed by atoms with Crippen LogP contribution in [-0.2, 0) is 11.3 Å². The van der Waals surface area contributed by atoms with Gasteiger partial charge in [0.05, 0.1) is 25.0 Å². The molecular weight excluding hydrogens is 292 g/mol. The molecule has 1 atom stereocenters. The van der Waals surface area contributed by atoms with Crippen LogP contribution in [0.25, 0.3) is 0 Å². The first-order valence-electron chi connectivity index (χ1n) is 7.97. The maximum Gasteiger partial charge on any atom is 0.227 e. The van der Waals surface area contributed by atoms with Crippen molar-refractivity contribution in [2.75, 3.05) is 23.4 Å². The zero-order valence-electron chi connectivity index (χ0n) is 13.3. The summed E-state index contributed by atoms with van der Waals surface area (Å²) in [5.41, 5.74) is 3.00. The molecule has 2 heterocycles. The Labute approximate surface area is 135 Å². The van der Waals surface area contributed by atoms with Crippen LogP contribution in [-0.4, -0.2) is 33.9 Å². The van der Waals surface area contributed by atoms with Crippen LogP contribution in [0.15, 0.2) is 36.7 Å². The number of nitrogens with one attached hydrogen (secondary N) is 1. The van der Waals surface area contributed by atoms with Crippen molar-refractivity contribution in [3.63, 3.8) is 0 Å². The van der Waals surface area contributed by atoms with Crippen molar-refractivity contribution < 1.29 is 9.90 Å². The highest BCUT2D eigenvalue weighted by atomic mass is 16.3. The SMILES string of the molecule is CC(Nc1cnn(CCO)c1)c1cccc(N2CCCC2=O)c1. The van der Waals surface area contributed by atoms with Gasteiger partial charge in [-0.3, -0.25) is 9.48 Å². The molecule has 2 aromatic rings. The molecule has 0 bridgehead atoms. The van der Waals surface area contributed by atoms with Crippen LogP contribution in [0.2, 0.25) is 0 Å². The Morgan fingerprint density at radius 2 is 2.30 bits per heavy atom. The topological polar surface area (TPSA) is 70.4 Å². The van der Waals surface area contributed by atoms with Crippen LogP contribution in [0.4, 0.5) is 11.4 Å². The van der Waals surface area contributed by atoms with E-state index >= 15 is 0 Å². The minimum absolute atomic E-state index is 0.0720. The number of carbonyl (C=O) groups excluding carboxylic acids is 1. The van der Waals surface area contributed by atoms with Gasteiger partial charge in [-0.1, -0.05) is 12.1 Å². The molecule has 6 nitrogen and oxygen atoms in total. The average molecular weight is 314 g/mol. The summed E-state index contributed by atoms with van der Waals surface area (Å²) < 4.78 is 1.70. The third-order valence-electron chi connectivity index (χ3n) is 4.10. The van der Waals surface area contributed by atoms with E-state index in [1.165, 1.54) is 0 Å². The molecule has 0 saturated carbocycles. The fourth-order valence-electron chi connectivity index (χ4n) is 2.88. The van der Waals surface area contributed by atoms with Crippen molar-refractivity contribution >= 4 is 17.3 Å². The van der Waals surface area contributed by atoms with E-state index in [1.54, 1.807) is 10.9 Å². The number of aromatic nitrogens is 2. The molecule has 1 amide bonds. The lowest BCUT2D eigenvalue weighted by molar-refractivity contribution is -0.117. The van der Waals surface area contributed by atoms with E-state index in [-0.39, 0.29) is 18.6 Å². The fraction of sp³-hybridized carbons (Fsp3) is 0.412. The molecule has 23 heavy (non-hydrogen) atoms. The number of nitrogens with zero attached hydrogens (tertiary/aromatic N) is 3. The van der Waals surface area contributed by atoms with Crippen molar-refractivity contribution in [2.24, 2.45) is 0 Å². The number of hydrogen-bond donors (Lipinski definition) is 2. The second kappa shape index (κ2) is 6.83. The molecule has 3 rings (SSSR count). The van der Waals surface area contributed by atoms with Crippen LogP contribution in [0, 0.1) is 0 Å². The standard InChI is InChI=1S/C17H22N4O2/c1-13(19-15-11-18-20(12-15)8-9-22)14-4-2-5-16(10-14)21-7-3-6-17(21)23/h2,4-5,10-13,19,22H,3,6-9H2,1H3. The zero-order chi connectivity index (χ0) is 16.2. The first-order valence-corrected chi connectivity index (χ1v) is 7.97. The van der Waals surface area contributed by atoms with Crippen molar-refractivity contribution in [1.82, 2.24) is 9.78 Å². The van der Waals surface area contributed by atoms with Gasteiger partial charge in [-0.15, -0.1) is 0 Å². The molecule has 1 aliphatic heterocycles. The second-order valence-corrected chi connectivity index (χ2v) is 5.83. The van der Waals surface area contributed by atoms with Gasteiger partial charge in [0.2, 0.25) is 5.91 Å². The first kappa shape index (κ1) is 15.6. The van der Waals surface area contributed by atoms with E-state index in [1.807, 2.05) is 23.2 Å². The van der Waals surface area contributed by atoms with Crippen LogP contribution >= 0.6 is 0 Å². The highest BCUT2D eigenvalue weighted by Gasteiger charge is 2.22. The summed E-state index contributed by atoms with van der Waals surface area (Å²) in [6.07, 6.45) is 5.20. The smallest absolute Gasteiger partial charge is 0.227 e. The number of aliphatic hydroxyl groups is 1. The minimum atomic E-state index is 0.0720. The second-order valence-electron chi connectivity index (χ2n) is 5.83. The van der Waals surface area contributed by atoms with E-state index in [0.717, 1.165) is 29.9 Å². The lowest BCUT2D eigenvalue weighted by Crippen LogP contribution is -2.23. The molecular formula is C17H22N4O2. The summed E-state index contributed by atoms with van der Waals surface area (Å²) in [6.45, 7) is 3.44. The maximum absolute atomic E-state index is 11.9. The molecule has 122 valence electrons. The van der Waals surface area contributed by atoms with Gasteiger partial charge in [-0.05, 0) is 31.0 Å². The molecule has 0 aliphatic carbocycles. The summed E-state index contributed by atoms with van der Waals surface area (Å²) >= 11 is 0. The number of aliphatic hydroxyl groups excluding tert-OH is 1. The largest absolute Gasteiger partial charge is 0.394 e. The molecule has 0 spiro atoms. The van der Waals surface area contributed by atoms with Crippen LogP contribution in [0.5, 0.6) is 0 Å². The Morgan fingerprint density at radius 3 is 3.04 bits per heavy atom. The van der Waals surface area contributed by atoms with Crippen LogP contribution < -0.4 is 10.2 Å². The average Bonchev–Trinajstić information content (AvgIpc) is 3.17. The Morgan fingerprint density at radius 1 is 1.43 bits per heavy atom. The van der Waals surface area contributed by atoms with E-state index in [9.17, 15) is 4.79 Å². The molecule has 0 radical (unpaired) electrons. The van der Waals surface area contributed by atoms with E-state index < -0.39 is 0 Å². The molecule has 1 aliphatic rings. The van der Waals surface area contributed by atoms with Crippen molar-refractivity contribution in [3.05, 3.63) is 42.2 Å². The molecule has 1 aromatic carbocycles. The molecule has 1 saturated heterocycles. The Hall–Kier alpha value is -2.34. The number of carbonyl (C=O) groups is 1. The van der Waals surface area contributed by atoms with Gasteiger partial charge in [0, 0.05) is 30.9 Å².